The molecule has 0 bridgehead atoms. The second kappa shape index (κ2) is 4.79. The van der Waals surface area contributed by atoms with E-state index in [-0.39, 0.29) is 6.54 Å². The second-order valence-corrected chi connectivity index (χ2v) is 3.47. The molecule has 0 aliphatic heterocycles. The number of aryl methyl sites for hydroxylation is 1. The van der Waals surface area contributed by atoms with Crippen LogP contribution in [0, 0.1) is 6.92 Å². The Hall–Kier alpha value is -2.15. The molecule has 2 aromatic heterocycles. The Bertz CT molecular complexity index is 517. The number of carbonyl (C=O) groups is 1. The zero-order valence-corrected chi connectivity index (χ0v) is 9.27. The summed E-state index contributed by atoms with van der Waals surface area (Å²) in [6, 6.07) is 1.76. The van der Waals surface area contributed by atoms with Gasteiger partial charge < -0.3 is 14.7 Å². The molecule has 1 amide bonds. The van der Waals surface area contributed by atoms with Crippen molar-refractivity contribution in [2.75, 3.05) is 6.54 Å². The first kappa shape index (κ1) is 11.3. The molecule has 3 N–H and O–H groups in total. The van der Waals surface area contributed by atoms with E-state index in [1.807, 2.05) is 6.92 Å². The first-order chi connectivity index (χ1) is 8.16. The first-order valence-electron chi connectivity index (χ1n) is 5.03. The lowest BCUT2D eigenvalue weighted by molar-refractivity contribution is -0.117. The Morgan fingerprint density at radius 2 is 2.41 bits per heavy atom. The van der Waals surface area contributed by atoms with Crippen LogP contribution in [-0.2, 0) is 11.3 Å². The highest BCUT2D eigenvalue weighted by Gasteiger charge is 2.12. The molecule has 0 atom stereocenters. The summed E-state index contributed by atoms with van der Waals surface area (Å²) in [4.78, 5) is 14.7. The van der Waals surface area contributed by atoms with E-state index >= 15 is 0 Å². The van der Waals surface area contributed by atoms with Gasteiger partial charge in [0.15, 0.2) is 0 Å². The minimum absolute atomic E-state index is 0.0719. The summed E-state index contributed by atoms with van der Waals surface area (Å²) >= 11 is 0. The van der Waals surface area contributed by atoms with Crippen LogP contribution in [0.5, 0.6) is 0 Å². The Balaban J connectivity index is 2.01. The number of carbonyl (C=O) groups excluding carboxylic acids is 1. The zero-order valence-electron chi connectivity index (χ0n) is 9.27. The molecule has 0 aliphatic carbocycles. The van der Waals surface area contributed by atoms with Crippen molar-refractivity contribution in [3.63, 3.8) is 0 Å². The monoisotopic (exact) mass is 236 g/mol. The van der Waals surface area contributed by atoms with Crippen LogP contribution in [0.4, 0.5) is 0 Å². The number of nitrogens with one attached hydrogen (secondary N) is 1. The number of nitrogens with two attached hydrogens (primary N) is 1. The van der Waals surface area contributed by atoms with E-state index in [2.05, 4.69) is 15.5 Å². The lowest BCUT2D eigenvalue weighted by Gasteiger charge is -1.95. The van der Waals surface area contributed by atoms with Gasteiger partial charge in [-0.2, -0.15) is 4.98 Å². The third-order valence-corrected chi connectivity index (χ3v) is 2.14. The normalized spacial score (nSPS) is 10.6. The van der Waals surface area contributed by atoms with Crippen LogP contribution in [0.3, 0.4) is 0 Å². The summed E-state index contributed by atoms with van der Waals surface area (Å²) in [5.74, 6) is 1.15. The minimum Gasteiger partial charge on any atom is -0.469 e. The van der Waals surface area contributed by atoms with E-state index in [0.29, 0.717) is 18.3 Å². The Morgan fingerprint density at radius 3 is 3.06 bits per heavy atom. The molecular weight excluding hydrogens is 224 g/mol. The van der Waals surface area contributed by atoms with Gasteiger partial charge in [-0.3, -0.25) is 10.1 Å². The molecule has 2 rings (SSSR count). The predicted molar refractivity (Wildman–Crippen MR) is 57.6 cm³/mol. The predicted octanol–water partition coefficient (Wildman–Crippen LogP) is 0.213. The SMILES string of the molecule is Cc1occc1-c1noc(CNCC(N)=O)n1. The number of hydrogen-bond acceptors (Lipinski definition) is 6. The average Bonchev–Trinajstić information content (AvgIpc) is 2.86. The minimum atomic E-state index is -0.435. The fraction of sp³-hybridized carbons (Fsp3) is 0.300. The van der Waals surface area contributed by atoms with E-state index in [4.69, 9.17) is 14.7 Å². The van der Waals surface area contributed by atoms with Gasteiger partial charge in [0.1, 0.15) is 5.76 Å². The van der Waals surface area contributed by atoms with Crippen LogP contribution in [0.2, 0.25) is 0 Å². The van der Waals surface area contributed by atoms with Crippen molar-refractivity contribution in [3.05, 3.63) is 24.0 Å². The third kappa shape index (κ3) is 2.70. The molecule has 0 aromatic carbocycles. The maximum atomic E-state index is 10.5. The largest absolute Gasteiger partial charge is 0.469 e. The van der Waals surface area contributed by atoms with E-state index < -0.39 is 5.91 Å². The fourth-order valence-electron chi connectivity index (χ4n) is 1.35. The van der Waals surface area contributed by atoms with E-state index in [1.165, 1.54) is 0 Å². The van der Waals surface area contributed by atoms with Crippen molar-refractivity contribution in [2.24, 2.45) is 5.73 Å². The van der Waals surface area contributed by atoms with Crippen molar-refractivity contribution >= 4 is 5.91 Å². The van der Waals surface area contributed by atoms with Crippen LogP contribution in [0.15, 0.2) is 21.3 Å². The molecule has 0 unspecified atom stereocenters. The topological polar surface area (TPSA) is 107 Å². The van der Waals surface area contributed by atoms with Gasteiger partial charge in [0.2, 0.25) is 17.6 Å². The zero-order chi connectivity index (χ0) is 12.3. The number of rotatable bonds is 5. The molecule has 7 heteroatoms. The molecule has 0 saturated carbocycles. The fourth-order valence-corrected chi connectivity index (χ4v) is 1.35. The smallest absolute Gasteiger partial charge is 0.240 e. The highest BCUT2D eigenvalue weighted by atomic mass is 16.5. The molecule has 90 valence electrons. The van der Waals surface area contributed by atoms with Gasteiger partial charge in [0.05, 0.1) is 24.9 Å². The summed E-state index contributed by atoms with van der Waals surface area (Å²) in [6.45, 7) is 2.19. The Kier molecular flexibility index (Phi) is 3.20. The number of furan rings is 1. The van der Waals surface area contributed by atoms with E-state index in [1.54, 1.807) is 12.3 Å². The molecule has 0 fully saturated rings. The van der Waals surface area contributed by atoms with Crippen molar-refractivity contribution in [1.82, 2.24) is 15.5 Å². The maximum absolute atomic E-state index is 10.5. The van der Waals surface area contributed by atoms with Crippen LogP contribution in [-0.4, -0.2) is 22.6 Å². The lowest BCUT2D eigenvalue weighted by atomic mass is 10.2. The number of hydrogen-bond donors (Lipinski definition) is 2. The van der Waals surface area contributed by atoms with Gasteiger partial charge in [0.25, 0.3) is 0 Å². The van der Waals surface area contributed by atoms with Gasteiger partial charge in [0, 0.05) is 0 Å². The summed E-state index contributed by atoms with van der Waals surface area (Å²) in [6.07, 6.45) is 1.56. The van der Waals surface area contributed by atoms with Crippen molar-refractivity contribution in [1.29, 1.82) is 0 Å². The van der Waals surface area contributed by atoms with Crippen LogP contribution in [0.25, 0.3) is 11.4 Å². The quantitative estimate of drug-likeness (QED) is 0.768. The molecule has 0 spiro atoms. The highest BCUT2D eigenvalue weighted by molar-refractivity contribution is 5.75. The molecule has 0 aliphatic rings. The summed E-state index contributed by atoms with van der Waals surface area (Å²) < 4.78 is 10.2. The standard InChI is InChI=1S/C10H12N4O3/c1-6-7(2-3-16-6)10-13-9(17-14-10)5-12-4-8(11)15/h2-3,12H,4-5H2,1H3,(H2,11,15). The Labute approximate surface area is 97.0 Å². The number of nitrogens with zero attached hydrogens (tertiary/aromatic N) is 2. The number of primary amides is 1. The Morgan fingerprint density at radius 1 is 1.59 bits per heavy atom. The average molecular weight is 236 g/mol. The van der Waals surface area contributed by atoms with Gasteiger partial charge in [-0.15, -0.1) is 0 Å². The van der Waals surface area contributed by atoms with Crippen LogP contribution >= 0.6 is 0 Å². The molecule has 17 heavy (non-hydrogen) atoms. The summed E-state index contributed by atoms with van der Waals surface area (Å²) in [7, 11) is 0. The molecule has 0 saturated heterocycles. The van der Waals surface area contributed by atoms with Crippen LogP contribution < -0.4 is 11.1 Å². The van der Waals surface area contributed by atoms with Gasteiger partial charge in [-0.25, -0.2) is 0 Å². The van der Waals surface area contributed by atoms with Crippen LogP contribution in [0.1, 0.15) is 11.7 Å². The van der Waals surface area contributed by atoms with Crippen molar-refractivity contribution in [3.8, 4) is 11.4 Å². The molecular formula is C10H12N4O3. The number of aromatic nitrogens is 2. The second-order valence-electron chi connectivity index (χ2n) is 3.47. The van der Waals surface area contributed by atoms with E-state index in [9.17, 15) is 4.79 Å². The molecule has 2 aromatic rings. The molecule has 0 radical (unpaired) electrons. The first-order valence-corrected chi connectivity index (χ1v) is 5.03. The third-order valence-electron chi connectivity index (χ3n) is 2.14. The van der Waals surface area contributed by atoms with Crippen molar-refractivity contribution in [2.45, 2.75) is 13.5 Å². The highest BCUT2D eigenvalue weighted by Crippen LogP contribution is 2.20. The lowest BCUT2D eigenvalue weighted by Crippen LogP contribution is -2.28. The van der Waals surface area contributed by atoms with Gasteiger partial charge in [-0.1, -0.05) is 5.16 Å². The van der Waals surface area contributed by atoms with E-state index in [0.717, 1.165) is 11.3 Å². The molecule has 2 heterocycles. The summed E-state index contributed by atoms with van der Waals surface area (Å²) in [5.41, 5.74) is 5.77. The van der Waals surface area contributed by atoms with Crippen molar-refractivity contribution < 1.29 is 13.7 Å². The van der Waals surface area contributed by atoms with Gasteiger partial charge >= 0.3 is 0 Å². The molecule has 7 nitrogen and oxygen atoms in total. The summed E-state index contributed by atoms with van der Waals surface area (Å²) in [5, 5.41) is 6.60. The number of amides is 1. The van der Waals surface area contributed by atoms with Gasteiger partial charge in [-0.05, 0) is 13.0 Å². The maximum Gasteiger partial charge on any atom is 0.240 e.